The fraction of sp³-hybridized carbons (Fsp3) is 0.357. The van der Waals surface area contributed by atoms with E-state index in [1.807, 2.05) is 6.20 Å². The number of benzene rings is 1. The van der Waals surface area contributed by atoms with Crippen molar-refractivity contribution in [1.29, 1.82) is 0 Å². The van der Waals surface area contributed by atoms with Gasteiger partial charge in [0.2, 0.25) is 0 Å². The lowest BCUT2D eigenvalue weighted by molar-refractivity contribution is 0.281. The minimum Gasteiger partial charge on any atom is -0.300 e. The highest BCUT2D eigenvalue weighted by Crippen LogP contribution is 2.21. The Kier molecular flexibility index (Phi) is 3.77. The van der Waals surface area contributed by atoms with Crippen LogP contribution >= 0.6 is 11.3 Å². The highest BCUT2D eigenvalue weighted by atomic mass is 32.1. The van der Waals surface area contributed by atoms with Crippen LogP contribution in [-0.2, 0) is 19.4 Å². The second kappa shape index (κ2) is 5.69. The van der Waals surface area contributed by atoms with Gasteiger partial charge in [-0.1, -0.05) is 35.6 Å². The SMILES string of the molecule is NNc1ncc(CN2CCc3ccccc3CC2)s1. The minimum absolute atomic E-state index is 0.785. The second-order valence-electron chi connectivity index (χ2n) is 4.82. The van der Waals surface area contributed by atoms with Crippen LogP contribution in [0.5, 0.6) is 0 Å². The fourth-order valence-corrected chi connectivity index (χ4v) is 3.31. The molecule has 0 unspecified atom stereocenters. The van der Waals surface area contributed by atoms with Crippen molar-refractivity contribution in [2.24, 2.45) is 5.84 Å². The first-order chi connectivity index (χ1) is 9.35. The van der Waals surface area contributed by atoms with Crippen LogP contribution in [0.15, 0.2) is 30.5 Å². The lowest BCUT2D eigenvalue weighted by Gasteiger charge is -2.18. The summed E-state index contributed by atoms with van der Waals surface area (Å²) in [7, 11) is 0. The molecule has 1 aromatic carbocycles. The van der Waals surface area contributed by atoms with E-state index < -0.39 is 0 Å². The molecular formula is C14H18N4S. The van der Waals surface area contributed by atoms with Crippen molar-refractivity contribution < 1.29 is 0 Å². The minimum atomic E-state index is 0.785. The second-order valence-corrected chi connectivity index (χ2v) is 5.94. The number of nitrogen functional groups attached to an aromatic ring is 1. The van der Waals surface area contributed by atoms with E-state index in [-0.39, 0.29) is 0 Å². The average Bonchev–Trinajstić information content (AvgIpc) is 2.80. The Hall–Kier alpha value is -1.43. The first-order valence-electron chi connectivity index (χ1n) is 6.55. The van der Waals surface area contributed by atoms with Crippen LogP contribution < -0.4 is 11.3 Å². The van der Waals surface area contributed by atoms with E-state index in [9.17, 15) is 0 Å². The number of nitrogens with one attached hydrogen (secondary N) is 1. The highest BCUT2D eigenvalue weighted by Gasteiger charge is 2.14. The quantitative estimate of drug-likeness (QED) is 0.664. The molecule has 0 radical (unpaired) electrons. The lowest BCUT2D eigenvalue weighted by Crippen LogP contribution is -2.25. The van der Waals surface area contributed by atoms with Crippen LogP contribution in [0.25, 0.3) is 0 Å². The summed E-state index contributed by atoms with van der Waals surface area (Å²) in [5.41, 5.74) is 5.60. The molecular weight excluding hydrogens is 256 g/mol. The van der Waals surface area contributed by atoms with Crippen LogP contribution in [0.3, 0.4) is 0 Å². The highest BCUT2D eigenvalue weighted by molar-refractivity contribution is 7.15. The Bertz CT molecular complexity index is 525. The largest absolute Gasteiger partial charge is 0.300 e. The smallest absolute Gasteiger partial charge is 0.197 e. The van der Waals surface area contributed by atoms with E-state index >= 15 is 0 Å². The van der Waals surface area contributed by atoms with Gasteiger partial charge in [0.1, 0.15) is 0 Å². The molecule has 100 valence electrons. The number of nitrogens with two attached hydrogens (primary N) is 1. The van der Waals surface area contributed by atoms with Crippen molar-refractivity contribution in [2.45, 2.75) is 19.4 Å². The van der Waals surface area contributed by atoms with Crippen LogP contribution in [0.2, 0.25) is 0 Å². The molecule has 19 heavy (non-hydrogen) atoms. The molecule has 1 aromatic heterocycles. The maximum absolute atomic E-state index is 5.36. The molecule has 3 rings (SSSR count). The van der Waals surface area contributed by atoms with E-state index in [0.29, 0.717) is 0 Å². The molecule has 1 aliphatic heterocycles. The summed E-state index contributed by atoms with van der Waals surface area (Å²) in [6.45, 7) is 3.19. The fourth-order valence-electron chi connectivity index (χ4n) is 2.54. The summed E-state index contributed by atoms with van der Waals surface area (Å²) >= 11 is 1.63. The summed E-state index contributed by atoms with van der Waals surface area (Å²) < 4.78 is 0. The van der Waals surface area contributed by atoms with Gasteiger partial charge in [-0.05, 0) is 24.0 Å². The van der Waals surface area contributed by atoms with Crippen LogP contribution in [-0.4, -0.2) is 23.0 Å². The monoisotopic (exact) mass is 274 g/mol. The number of hydrogen-bond donors (Lipinski definition) is 2. The molecule has 0 saturated heterocycles. The molecule has 2 aromatic rings. The third-order valence-corrected chi connectivity index (χ3v) is 4.48. The Balaban J connectivity index is 1.65. The Labute approximate surface area is 117 Å². The van der Waals surface area contributed by atoms with Gasteiger partial charge >= 0.3 is 0 Å². The van der Waals surface area contributed by atoms with E-state index in [2.05, 4.69) is 39.6 Å². The normalized spacial score (nSPS) is 15.8. The van der Waals surface area contributed by atoms with E-state index in [1.54, 1.807) is 11.3 Å². The van der Waals surface area contributed by atoms with Crippen LogP contribution in [0.4, 0.5) is 5.13 Å². The number of rotatable bonds is 3. The third-order valence-electron chi connectivity index (χ3n) is 3.57. The van der Waals surface area contributed by atoms with Gasteiger partial charge in [-0.15, -0.1) is 0 Å². The van der Waals surface area contributed by atoms with Crippen molar-refractivity contribution in [2.75, 3.05) is 18.5 Å². The molecule has 0 atom stereocenters. The Morgan fingerprint density at radius 3 is 2.47 bits per heavy atom. The standard InChI is InChI=1S/C14H18N4S/c15-17-14-16-9-13(19-14)10-18-7-5-11-3-1-2-4-12(11)6-8-18/h1-4,9H,5-8,10,15H2,(H,16,17). The Morgan fingerprint density at radius 1 is 1.21 bits per heavy atom. The van der Waals surface area contributed by atoms with E-state index in [0.717, 1.165) is 37.6 Å². The molecule has 4 nitrogen and oxygen atoms in total. The molecule has 0 fully saturated rings. The molecule has 3 N–H and O–H groups in total. The lowest BCUT2D eigenvalue weighted by atomic mass is 10.0. The number of hydrazine groups is 1. The van der Waals surface area contributed by atoms with Gasteiger partial charge in [0, 0.05) is 30.7 Å². The van der Waals surface area contributed by atoms with E-state index in [4.69, 9.17) is 5.84 Å². The van der Waals surface area contributed by atoms with Crippen molar-refractivity contribution >= 4 is 16.5 Å². The van der Waals surface area contributed by atoms with Gasteiger partial charge in [-0.25, -0.2) is 10.8 Å². The van der Waals surface area contributed by atoms with Crippen LogP contribution in [0.1, 0.15) is 16.0 Å². The topological polar surface area (TPSA) is 54.2 Å². The summed E-state index contributed by atoms with van der Waals surface area (Å²) in [6, 6.07) is 8.78. The third kappa shape index (κ3) is 2.94. The summed E-state index contributed by atoms with van der Waals surface area (Å²) in [5.74, 6) is 5.36. The van der Waals surface area contributed by atoms with Crippen molar-refractivity contribution in [3.63, 3.8) is 0 Å². The summed E-state index contributed by atoms with van der Waals surface area (Å²) in [6.07, 6.45) is 4.19. The molecule has 5 heteroatoms. The predicted molar refractivity (Wildman–Crippen MR) is 79.1 cm³/mol. The average molecular weight is 274 g/mol. The Morgan fingerprint density at radius 2 is 1.89 bits per heavy atom. The molecule has 0 bridgehead atoms. The maximum atomic E-state index is 5.36. The zero-order chi connectivity index (χ0) is 13.1. The molecule has 0 aliphatic carbocycles. The first-order valence-corrected chi connectivity index (χ1v) is 7.37. The number of aromatic nitrogens is 1. The maximum Gasteiger partial charge on any atom is 0.197 e. The van der Waals surface area contributed by atoms with Crippen molar-refractivity contribution in [3.05, 3.63) is 46.5 Å². The summed E-state index contributed by atoms with van der Waals surface area (Å²) in [4.78, 5) is 7.98. The molecule has 1 aliphatic rings. The van der Waals surface area contributed by atoms with Gasteiger partial charge in [-0.2, -0.15) is 0 Å². The zero-order valence-corrected chi connectivity index (χ0v) is 11.6. The zero-order valence-electron chi connectivity index (χ0n) is 10.8. The van der Waals surface area contributed by atoms with Gasteiger partial charge in [0.15, 0.2) is 5.13 Å². The van der Waals surface area contributed by atoms with E-state index in [1.165, 1.54) is 16.0 Å². The number of hydrogen-bond acceptors (Lipinski definition) is 5. The predicted octanol–water partition coefficient (Wildman–Crippen LogP) is 2.03. The summed E-state index contributed by atoms with van der Waals surface area (Å²) in [5, 5.41) is 0.785. The van der Waals surface area contributed by atoms with Crippen LogP contribution in [0, 0.1) is 0 Å². The van der Waals surface area contributed by atoms with Gasteiger partial charge in [0.25, 0.3) is 0 Å². The molecule has 0 amide bonds. The number of thiazole rings is 1. The number of nitrogens with zero attached hydrogens (tertiary/aromatic N) is 2. The molecule has 0 saturated carbocycles. The van der Waals surface area contributed by atoms with Gasteiger partial charge in [0.05, 0.1) is 0 Å². The van der Waals surface area contributed by atoms with Crippen molar-refractivity contribution in [1.82, 2.24) is 9.88 Å². The van der Waals surface area contributed by atoms with Crippen molar-refractivity contribution in [3.8, 4) is 0 Å². The number of fused-ring (bicyclic) bond motifs is 1. The number of anilines is 1. The first kappa shape index (κ1) is 12.6. The van der Waals surface area contributed by atoms with Gasteiger partial charge in [-0.3, -0.25) is 10.3 Å². The van der Waals surface area contributed by atoms with Gasteiger partial charge < -0.3 is 0 Å². The molecule has 0 spiro atoms. The molecule has 2 heterocycles.